The van der Waals surface area contributed by atoms with E-state index in [9.17, 15) is 4.79 Å². The molecule has 0 unspecified atom stereocenters. The maximum absolute atomic E-state index is 11.6. The molecule has 2 rings (SSSR count). The molecule has 2 N–H and O–H groups in total. The second-order valence-electron chi connectivity index (χ2n) is 6.75. The average molecular weight is 360 g/mol. The van der Waals surface area contributed by atoms with Crippen molar-refractivity contribution in [3.63, 3.8) is 0 Å². The van der Waals surface area contributed by atoms with E-state index in [0.29, 0.717) is 12.3 Å². The van der Waals surface area contributed by atoms with Crippen LogP contribution in [-0.2, 0) is 11.3 Å². The van der Waals surface area contributed by atoms with Gasteiger partial charge in [0.2, 0.25) is 5.91 Å². The molecule has 1 aromatic carbocycles. The van der Waals surface area contributed by atoms with Crippen molar-refractivity contribution in [2.75, 3.05) is 46.3 Å². The first-order valence-electron chi connectivity index (χ1n) is 9.71. The van der Waals surface area contributed by atoms with E-state index in [0.717, 1.165) is 64.6 Å². The molecule has 0 spiro atoms. The second-order valence-corrected chi connectivity index (χ2v) is 6.75. The summed E-state index contributed by atoms with van der Waals surface area (Å²) in [5.74, 6) is 1.15. The van der Waals surface area contributed by atoms with Crippen molar-refractivity contribution in [1.82, 2.24) is 20.4 Å². The van der Waals surface area contributed by atoms with Gasteiger partial charge in [-0.15, -0.1) is 0 Å². The highest BCUT2D eigenvalue weighted by Crippen LogP contribution is 2.09. The van der Waals surface area contributed by atoms with Gasteiger partial charge in [0.05, 0.1) is 0 Å². The van der Waals surface area contributed by atoms with Gasteiger partial charge in [-0.05, 0) is 32.4 Å². The number of rotatable bonds is 10. The first-order chi connectivity index (χ1) is 12.7. The van der Waals surface area contributed by atoms with Gasteiger partial charge in [-0.2, -0.15) is 0 Å². The fourth-order valence-electron chi connectivity index (χ4n) is 3.07. The van der Waals surface area contributed by atoms with E-state index in [1.54, 1.807) is 0 Å². The normalized spacial score (nSPS) is 15.0. The Hall–Kier alpha value is -2.08. The lowest BCUT2D eigenvalue weighted by Gasteiger charge is -2.18. The number of carbonyl (C=O) groups is 1. The summed E-state index contributed by atoms with van der Waals surface area (Å²) in [5.41, 5.74) is 1.33. The number of aliphatic imine (C=N–C) groups is 1. The van der Waals surface area contributed by atoms with E-state index in [4.69, 9.17) is 0 Å². The smallest absolute Gasteiger partial charge is 0.222 e. The van der Waals surface area contributed by atoms with Crippen LogP contribution in [0.2, 0.25) is 0 Å². The molecule has 144 valence electrons. The number of nitrogens with one attached hydrogen (secondary N) is 2. The number of benzene rings is 1. The molecule has 6 heteroatoms. The molecule has 1 amide bonds. The topological polar surface area (TPSA) is 60.0 Å². The number of carbonyl (C=O) groups excluding carboxylic acids is 1. The average Bonchev–Trinajstić information content (AvgIpc) is 3.04. The van der Waals surface area contributed by atoms with Gasteiger partial charge in [-0.25, -0.2) is 0 Å². The van der Waals surface area contributed by atoms with Gasteiger partial charge < -0.3 is 20.4 Å². The number of likely N-dealkylation sites (tertiary alicyclic amines) is 1. The van der Waals surface area contributed by atoms with Crippen LogP contribution in [0.3, 0.4) is 0 Å². The highest BCUT2D eigenvalue weighted by atomic mass is 16.2. The molecule has 6 nitrogen and oxygen atoms in total. The Morgan fingerprint density at radius 2 is 2.08 bits per heavy atom. The minimum absolute atomic E-state index is 0.292. The first kappa shape index (κ1) is 20.2. The molecule has 0 aliphatic carbocycles. The Balaban J connectivity index is 1.65. The minimum Gasteiger partial charge on any atom is -0.357 e. The van der Waals surface area contributed by atoms with E-state index in [1.165, 1.54) is 5.56 Å². The zero-order valence-electron chi connectivity index (χ0n) is 16.2. The Morgan fingerprint density at radius 1 is 1.27 bits per heavy atom. The van der Waals surface area contributed by atoms with Crippen molar-refractivity contribution in [3.05, 3.63) is 35.9 Å². The largest absolute Gasteiger partial charge is 0.357 e. The number of amides is 1. The molecule has 0 atom stereocenters. The summed E-state index contributed by atoms with van der Waals surface area (Å²) in [5, 5.41) is 6.67. The second kappa shape index (κ2) is 11.5. The summed E-state index contributed by atoms with van der Waals surface area (Å²) < 4.78 is 0. The van der Waals surface area contributed by atoms with Gasteiger partial charge in [-0.3, -0.25) is 9.79 Å². The number of guanidine groups is 1. The van der Waals surface area contributed by atoms with Crippen molar-refractivity contribution in [3.8, 4) is 0 Å². The molecule has 0 saturated carbocycles. The van der Waals surface area contributed by atoms with Crippen molar-refractivity contribution < 1.29 is 4.79 Å². The third-order valence-electron chi connectivity index (χ3n) is 4.45. The van der Waals surface area contributed by atoms with E-state index in [2.05, 4.69) is 58.8 Å². The fourth-order valence-corrected chi connectivity index (χ4v) is 3.07. The third kappa shape index (κ3) is 7.44. The summed E-state index contributed by atoms with van der Waals surface area (Å²) in [7, 11) is 2.13. The summed E-state index contributed by atoms with van der Waals surface area (Å²) in [6.07, 6.45) is 2.63. The lowest BCUT2D eigenvalue weighted by Crippen LogP contribution is -2.41. The van der Waals surface area contributed by atoms with E-state index in [-0.39, 0.29) is 0 Å². The van der Waals surface area contributed by atoms with Crippen LogP contribution in [0.5, 0.6) is 0 Å². The SMILES string of the molecule is CCNC(=NCCCN1CCCC1=O)NCCN(C)Cc1ccccc1. The van der Waals surface area contributed by atoms with Crippen LogP contribution < -0.4 is 10.6 Å². The molecule has 0 radical (unpaired) electrons. The molecule has 26 heavy (non-hydrogen) atoms. The van der Waals surface area contributed by atoms with Crippen LogP contribution in [0.15, 0.2) is 35.3 Å². The van der Waals surface area contributed by atoms with Crippen molar-refractivity contribution in [1.29, 1.82) is 0 Å². The Labute approximate surface area is 157 Å². The predicted molar refractivity (Wildman–Crippen MR) is 107 cm³/mol. The van der Waals surface area contributed by atoms with Gasteiger partial charge in [0.15, 0.2) is 5.96 Å². The quantitative estimate of drug-likeness (QED) is 0.379. The van der Waals surface area contributed by atoms with Crippen molar-refractivity contribution in [2.45, 2.75) is 32.7 Å². The summed E-state index contributed by atoms with van der Waals surface area (Å²) in [4.78, 5) is 20.5. The summed E-state index contributed by atoms with van der Waals surface area (Å²) in [6.45, 7) is 8.12. The Bertz CT molecular complexity index is 561. The van der Waals surface area contributed by atoms with Gasteiger partial charge in [0, 0.05) is 52.2 Å². The lowest BCUT2D eigenvalue weighted by molar-refractivity contribution is -0.127. The molecule has 0 bridgehead atoms. The maximum atomic E-state index is 11.6. The standard InChI is InChI=1S/C20H33N5O/c1-3-21-20(22-12-8-15-25-14-7-11-19(25)26)23-13-16-24(2)17-18-9-5-4-6-10-18/h4-6,9-10H,3,7-8,11-17H2,1-2H3,(H2,21,22,23). The molecule has 1 fully saturated rings. The van der Waals surface area contributed by atoms with Crippen LogP contribution in [0.25, 0.3) is 0 Å². The number of likely N-dealkylation sites (N-methyl/N-ethyl adjacent to an activating group) is 1. The monoisotopic (exact) mass is 359 g/mol. The molecule has 1 aliphatic rings. The Morgan fingerprint density at radius 3 is 2.77 bits per heavy atom. The van der Waals surface area contributed by atoms with Gasteiger partial charge in [0.1, 0.15) is 0 Å². The fraction of sp³-hybridized carbons (Fsp3) is 0.600. The zero-order chi connectivity index (χ0) is 18.6. The number of hydrogen-bond donors (Lipinski definition) is 2. The minimum atomic E-state index is 0.292. The van der Waals surface area contributed by atoms with E-state index >= 15 is 0 Å². The third-order valence-corrected chi connectivity index (χ3v) is 4.45. The highest BCUT2D eigenvalue weighted by molar-refractivity contribution is 5.79. The molecule has 0 aromatic heterocycles. The highest BCUT2D eigenvalue weighted by Gasteiger charge is 2.18. The molecule has 1 aliphatic heterocycles. The lowest BCUT2D eigenvalue weighted by atomic mass is 10.2. The van der Waals surface area contributed by atoms with Crippen LogP contribution >= 0.6 is 0 Å². The molecule has 1 saturated heterocycles. The van der Waals surface area contributed by atoms with Crippen molar-refractivity contribution >= 4 is 11.9 Å². The van der Waals surface area contributed by atoms with Crippen LogP contribution in [0.4, 0.5) is 0 Å². The van der Waals surface area contributed by atoms with Gasteiger partial charge in [0.25, 0.3) is 0 Å². The van der Waals surface area contributed by atoms with Crippen molar-refractivity contribution in [2.24, 2.45) is 4.99 Å². The Kier molecular flexibility index (Phi) is 8.96. The summed E-state index contributed by atoms with van der Waals surface area (Å²) >= 11 is 0. The van der Waals surface area contributed by atoms with Crippen LogP contribution in [0.1, 0.15) is 31.7 Å². The van der Waals surface area contributed by atoms with E-state index in [1.807, 2.05) is 11.0 Å². The maximum Gasteiger partial charge on any atom is 0.222 e. The summed E-state index contributed by atoms with van der Waals surface area (Å²) in [6, 6.07) is 10.5. The van der Waals surface area contributed by atoms with Crippen LogP contribution in [0, 0.1) is 0 Å². The van der Waals surface area contributed by atoms with Crippen LogP contribution in [-0.4, -0.2) is 68.0 Å². The van der Waals surface area contributed by atoms with Gasteiger partial charge >= 0.3 is 0 Å². The molecule has 1 aromatic rings. The molecular formula is C20H33N5O. The molecular weight excluding hydrogens is 326 g/mol. The zero-order valence-corrected chi connectivity index (χ0v) is 16.2. The van der Waals surface area contributed by atoms with Gasteiger partial charge in [-0.1, -0.05) is 30.3 Å². The first-order valence-corrected chi connectivity index (χ1v) is 9.71. The number of hydrogen-bond acceptors (Lipinski definition) is 3. The van der Waals surface area contributed by atoms with E-state index < -0.39 is 0 Å². The predicted octanol–water partition coefficient (Wildman–Crippen LogP) is 1.69. The molecule has 1 heterocycles. The number of nitrogens with zero attached hydrogens (tertiary/aromatic N) is 3.